The second kappa shape index (κ2) is 48.0. The van der Waals surface area contributed by atoms with Gasteiger partial charge in [0.2, 0.25) is 94.5 Å². The number of ketones is 1. The van der Waals surface area contributed by atoms with Crippen molar-refractivity contribution in [3.63, 3.8) is 0 Å². The van der Waals surface area contributed by atoms with E-state index in [0.29, 0.717) is 51.3 Å². The summed E-state index contributed by atoms with van der Waals surface area (Å²) in [4.78, 5) is 279. The second-order valence-electron chi connectivity index (χ2n) is 33.8. The van der Waals surface area contributed by atoms with Gasteiger partial charge in [-0.15, -0.1) is 11.8 Å². The molecule has 0 bridgehead atoms. The third kappa shape index (κ3) is 27.6. The Labute approximate surface area is 764 Å². The normalized spacial score (nSPS) is 25.1. The van der Waals surface area contributed by atoms with Gasteiger partial charge >= 0.3 is 5.97 Å². The lowest BCUT2D eigenvalue weighted by atomic mass is 9.90. The Balaban J connectivity index is 1.09. The molecule has 16 amide bonds. The van der Waals surface area contributed by atoms with Crippen LogP contribution in [0.1, 0.15) is 121 Å². The van der Waals surface area contributed by atoms with Crippen LogP contribution >= 0.6 is 11.8 Å². The van der Waals surface area contributed by atoms with Crippen molar-refractivity contribution >= 4 is 140 Å². The highest BCUT2D eigenvalue weighted by atomic mass is 32.2. The van der Waals surface area contributed by atoms with Crippen LogP contribution in [0.25, 0.3) is 21.8 Å². The van der Waals surface area contributed by atoms with Crippen molar-refractivity contribution in [2.45, 2.75) is 209 Å². The molecule has 0 aliphatic carbocycles. The number of hydrogen-bond acceptors (Lipinski definition) is 24. The average molecular weight is 1860 g/mol. The lowest BCUT2D eigenvalue weighted by molar-refractivity contribution is -0.150. The maximum absolute atomic E-state index is 15.7. The van der Waals surface area contributed by atoms with Crippen molar-refractivity contribution < 1.29 is 107 Å². The number of carbonyl (C=O) groups is 18. The van der Waals surface area contributed by atoms with Crippen molar-refractivity contribution in [3.05, 3.63) is 120 Å². The number of carbonyl (C=O) groups excluding carboxylic acids is 17. The number of thioether (sulfide) groups is 1. The highest BCUT2D eigenvalue weighted by Crippen LogP contribution is 2.30. The van der Waals surface area contributed by atoms with Crippen molar-refractivity contribution in [2.24, 2.45) is 29.0 Å². The van der Waals surface area contributed by atoms with Crippen LogP contribution in [0.15, 0.2) is 97.7 Å². The van der Waals surface area contributed by atoms with Gasteiger partial charge in [-0.2, -0.15) is 0 Å². The van der Waals surface area contributed by atoms with E-state index in [9.17, 15) is 78.0 Å². The molecular formula is C88H119N21O22S. The molecule has 3 aliphatic heterocycles. The molecule has 0 unspecified atom stereocenters. The average Bonchev–Trinajstić information content (AvgIpc) is 1.72. The third-order valence-corrected chi connectivity index (χ3v) is 24.7. The van der Waals surface area contributed by atoms with E-state index >= 15 is 28.8 Å². The molecular weight excluding hydrogens is 1740 g/mol. The number of primary amides is 2. The minimum atomic E-state index is -1.90. The number of aromatic amines is 3. The number of phenols is 1. The summed E-state index contributed by atoms with van der Waals surface area (Å²) in [6.07, 6.45) is 0.473. The summed E-state index contributed by atoms with van der Waals surface area (Å²) in [5, 5.41) is 67.1. The number of nitrogens with one attached hydrogen (secondary N) is 12. The molecule has 0 radical (unpaired) electrons. The fourth-order valence-corrected chi connectivity index (χ4v) is 17.2. The van der Waals surface area contributed by atoms with Crippen LogP contribution in [0, 0.1) is 11.8 Å². The van der Waals surface area contributed by atoms with Crippen molar-refractivity contribution in [1.82, 2.24) is 92.3 Å². The predicted octanol–water partition coefficient (Wildman–Crippen LogP) is -3.47. The molecule has 714 valence electrons. The molecule has 0 saturated carbocycles. The van der Waals surface area contributed by atoms with E-state index in [1.807, 2.05) is 6.92 Å². The van der Waals surface area contributed by atoms with Gasteiger partial charge in [-0.1, -0.05) is 82.1 Å². The van der Waals surface area contributed by atoms with E-state index in [0.717, 1.165) is 36.3 Å². The monoisotopic (exact) mass is 1850 g/mol. The number of nitrogens with zero attached hydrogens (tertiary/aromatic N) is 6. The molecule has 9 rings (SSSR count). The number of likely N-dealkylation sites (N-methyl/N-ethyl adjacent to an activating group) is 3. The van der Waals surface area contributed by atoms with Crippen LogP contribution in [0.2, 0.25) is 0 Å². The Kier molecular flexibility index (Phi) is 37.2. The zero-order valence-corrected chi connectivity index (χ0v) is 75.3. The zero-order chi connectivity index (χ0) is 96.5. The largest absolute Gasteiger partial charge is 0.508 e. The number of rotatable bonds is 23. The summed E-state index contributed by atoms with van der Waals surface area (Å²) in [5.41, 5.74) is 20.1. The number of aromatic hydroxyl groups is 1. The first-order valence-corrected chi connectivity index (χ1v) is 44.8. The molecule has 15 atom stereocenters. The number of aliphatic hydroxyl groups excluding tert-OH is 2. The van der Waals surface area contributed by atoms with Gasteiger partial charge in [0.05, 0.1) is 49.5 Å². The molecule has 0 spiro atoms. The number of benzene rings is 3. The Morgan fingerprint density at radius 2 is 1.18 bits per heavy atom. The van der Waals surface area contributed by atoms with Gasteiger partial charge in [-0.05, 0) is 92.3 Å². The fraction of sp³-hybridized carbons (Fsp3) is 0.511. The van der Waals surface area contributed by atoms with Crippen LogP contribution in [0.3, 0.4) is 0 Å². The van der Waals surface area contributed by atoms with E-state index in [2.05, 4.69) is 67.8 Å². The standard InChI is InChI=1S/C88H119N21O22S/c1-8-9-19-67-82(125)102-64(36-89)80(123)104-66(78(121)95-40-73(91)115)43-132-44-74(116)97-61(29-48-21-23-53(111)24-22-48)84(127)105(5)47(4)76(119)100-63(35-72(90)114)87(130)108-27-14-20-68(108)83(126)99-60(33-52-39-92-45-96-52)79(122)98-59(25-26-75(117)118)86(129)109-41-54(112)34-69(109)71(113)32-49(30-50-37-93-57-17-12-10-15-55(50)57)77(120)103-65(42-110)81(124)101-62(31-51-38-94-58-18-13-11-16-56(51)58)85(128)107(7)70(28-46(2)3)88(131)106(67)6/h10-13,15-18,21-24,37-39,45-47,49,54,59-70,93-94,110-112H,8-9,14,19-20,25-36,40-44,89H2,1-7H3,(H2,90,114)(H2,91,115)(H,92,96)(H,95,121)(H,97,116)(H,98,122)(H,99,126)(H,100,119)(H,101,124)(H,102,125)(H,103,120)(H,104,123)(H,117,118)/t47-,49+,54+,59-,60-,61-,62-,63-,64-,65-,66-,67-,68-,69-,70-/m0/s1. The van der Waals surface area contributed by atoms with Crippen molar-refractivity contribution in [1.29, 1.82) is 0 Å². The first-order valence-electron chi connectivity index (χ1n) is 43.6. The number of H-pyrrole nitrogens is 3. The highest BCUT2D eigenvalue weighted by molar-refractivity contribution is 8.00. The summed E-state index contributed by atoms with van der Waals surface area (Å²) in [6.45, 7) is 3.41. The molecule has 44 heteroatoms. The number of phenolic OH excluding ortho intramolecular Hbond substituents is 1. The predicted molar refractivity (Wildman–Crippen MR) is 478 cm³/mol. The molecule has 3 aliphatic rings. The number of nitrogens with two attached hydrogens (primary N) is 3. The van der Waals surface area contributed by atoms with E-state index in [4.69, 9.17) is 17.2 Å². The summed E-state index contributed by atoms with van der Waals surface area (Å²) < 4.78 is 0. The minimum Gasteiger partial charge on any atom is -0.508 e. The highest BCUT2D eigenvalue weighted by Gasteiger charge is 2.47. The number of amides is 16. The summed E-state index contributed by atoms with van der Waals surface area (Å²) in [7, 11) is 3.83. The van der Waals surface area contributed by atoms with Crippen LogP contribution < -0.4 is 65.1 Å². The van der Waals surface area contributed by atoms with Crippen molar-refractivity contribution in [3.8, 4) is 5.75 Å². The SMILES string of the molecule is CCCC[C@H]1C(=O)N[C@@H](CN)C(=O)N[C@H](C(=O)NCC(N)=O)CSCC(=O)N[C@@H](Cc2ccc(O)cc2)C(=O)N(C)[C@@H](C)C(=O)N[C@@H](CC(N)=O)C(=O)N2CCC[C@H]2C(=O)N[C@@H](Cc2c[nH]cn2)C(=O)N[C@@H](CCC(=O)O)C(=O)N2C[C@H](O)C[C@H]2C(=O)C[C@@H](Cc2c[nH]c3ccccc23)C(=O)N[C@@H](CO)C(=O)N[C@@H](Cc2c[nH]c3ccccc23)C(=O)N(C)[C@@H](CC(C)C)C(=O)N1C. The fourth-order valence-electron chi connectivity index (χ4n) is 16.3. The number of Topliss-reactive ketones (excluding diaryl/α,β-unsaturated/α-hetero) is 1. The number of aliphatic hydroxyl groups is 2. The quantitative estimate of drug-likeness (QED) is 0.0296. The maximum Gasteiger partial charge on any atom is 0.303 e. The number of aromatic nitrogens is 4. The molecule has 6 aromatic rings. The lowest BCUT2D eigenvalue weighted by Crippen LogP contribution is -2.61. The first kappa shape index (κ1) is 102. The second-order valence-corrected chi connectivity index (χ2v) is 34.8. The molecule has 22 N–H and O–H groups in total. The number of carboxylic acids is 1. The van der Waals surface area contributed by atoms with Crippen LogP contribution in [-0.2, 0) is 112 Å². The van der Waals surface area contributed by atoms with E-state index in [1.165, 1.54) is 64.9 Å². The summed E-state index contributed by atoms with van der Waals surface area (Å²) >= 11 is 0.744. The molecule has 3 saturated heterocycles. The Morgan fingerprint density at radius 3 is 1.80 bits per heavy atom. The molecule has 6 heterocycles. The summed E-state index contributed by atoms with van der Waals surface area (Å²) in [6, 6.07) is -1.55. The van der Waals surface area contributed by atoms with Gasteiger partial charge in [0.1, 0.15) is 78.3 Å². The van der Waals surface area contributed by atoms with Gasteiger partial charge in [0.15, 0.2) is 5.78 Å². The van der Waals surface area contributed by atoms with Crippen LogP contribution in [-0.4, -0.2) is 321 Å². The van der Waals surface area contributed by atoms with Crippen LogP contribution in [0.5, 0.6) is 5.75 Å². The third-order valence-electron chi connectivity index (χ3n) is 23.7. The summed E-state index contributed by atoms with van der Waals surface area (Å²) in [5.74, 6) is -21.1. The number of hydrogen-bond donors (Lipinski definition) is 19. The molecule has 3 fully saturated rings. The maximum atomic E-state index is 15.7. The minimum absolute atomic E-state index is 0.0274. The number of carboxylic acid groups (broad SMARTS) is 1. The smallest absolute Gasteiger partial charge is 0.303 e. The van der Waals surface area contributed by atoms with Gasteiger partial charge in [0.25, 0.3) is 0 Å². The van der Waals surface area contributed by atoms with Gasteiger partial charge in [-0.3, -0.25) is 86.3 Å². The van der Waals surface area contributed by atoms with E-state index in [-0.39, 0.29) is 68.9 Å². The Bertz CT molecular complexity index is 5160. The van der Waals surface area contributed by atoms with Gasteiger partial charge in [0, 0.05) is 131 Å². The van der Waals surface area contributed by atoms with Crippen molar-refractivity contribution in [2.75, 3.05) is 65.4 Å². The van der Waals surface area contributed by atoms with Gasteiger partial charge < -0.3 is 125 Å². The number of aliphatic carboxylic acids is 1. The Morgan fingerprint density at radius 1 is 0.598 bits per heavy atom. The number of unbranched alkanes of at least 4 members (excludes halogenated alkanes) is 1. The Hall–Kier alpha value is -13.4. The number of para-hydroxylation sites is 2. The molecule has 3 aromatic heterocycles. The first-order chi connectivity index (χ1) is 62.8. The molecule has 43 nitrogen and oxygen atoms in total. The topological polar surface area (TPSA) is 651 Å². The number of fused-ring (bicyclic) bond motifs is 4. The van der Waals surface area contributed by atoms with E-state index in [1.54, 1.807) is 74.8 Å². The molecule has 132 heavy (non-hydrogen) atoms. The number of imidazole rings is 1. The van der Waals surface area contributed by atoms with Crippen LogP contribution in [0.4, 0.5) is 0 Å². The van der Waals surface area contributed by atoms with Gasteiger partial charge in [-0.25, -0.2) is 4.98 Å². The zero-order valence-electron chi connectivity index (χ0n) is 74.5. The lowest BCUT2D eigenvalue weighted by Gasteiger charge is -2.37. The molecule has 3 aromatic carbocycles. The van der Waals surface area contributed by atoms with E-state index < -0.39 is 273 Å².